The molecule has 0 aliphatic heterocycles. The van der Waals surface area contributed by atoms with Crippen molar-refractivity contribution in [1.82, 2.24) is 10.2 Å². The summed E-state index contributed by atoms with van der Waals surface area (Å²) < 4.78 is 0. The van der Waals surface area contributed by atoms with Gasteiger partial charge in [-0.2, -0.15) is 0 Å². The highest BCUT2D eigenvalue weighted by atomic mass is 16.2. The molecule has 3 heteroatoms. The third-order valence-corrected chi connectivity index (χ3v) is 3.26. The molecule has 2 unspecified atom stereocenters. The number of amides is 1. The molecule has 0 bridgehead atoms. The number of aryl methyl sites for hydroxylation is 1. The molecule has 1 rings (SSSR count). The Hall–Kier alpha value is -1.35. The summed E-state index contributed by atoms with van der Waals surface area (Å²) in [6.45, 7) is 8.80. The van der Waals surface area contributed by atoms with E-state index in [2.05, 4.69) is 37.4 Å². The van der Waals surface area contributed by atoms with Gasteiger partial charge >= 0.3 is 0 Å². The Labute approximate surface area is 110 Å². The van der Waals surface area contributed by atoms with Gasteiger partial charge in [-0.1, -0.05) is 29.8 Å². The maximum Gasteiger partial charge on any atom is 0.239 e. The fourth-order valence-electron chi connectivity index (χ4n) is 1.97. The first-order chi connectivity index (χ1) is 8.45. The summed E-state index contributed by atoms with van der Waals surface area (Å²) in [4.78, 5) is 13.7. The SMILES string of the molecule is CCN(C)C(=O)C(C)NC(C)c1cccc(C)c1. The van der Waals surface area contributed by atoms with Crippen LogP contribution in [-0.2, 0) is 4.79 Å². The minimum Gasteiger partial charge on any atom is -0.345 e. The maximum absolute atomic E-state index is 12.0. The molecule has 0 aliphatic carbocycles. The molecule has 0 aliphatic rings. The van der Waals surface area contributed by atoms with Gasteiger partial charge in [0.1, 0.15) is 0 Å². The number of hydrogen-bond donors (Lipinski definition) is 1. The van der Waals surface area contributed by atoms with Crippen LogP contribution >= 0.6 is 0 Å². The van der Waals surface area contributed by atoms with Gasteiger partial charge in [0.25, 0.3) is 0 Å². The zero-order valence-electron chi connectivity index (χ0n) is 12.0. The first-order valence-corrected chi connectivity index (χ1v) is 6.53. The van der Waals surface area contributed by atoms with Crippen LogP contribution in [0.5, 0.6) is 0 Å². The van der Waals surface area contributed by atoms with Gasteiger partial charge in [-0.3, -0.25) is 10.1 Å². The van der Waals surface area contributed by atoms with Gasteiger partial charge in [-0.25, -0.2) is 0 Å². The second-order valence-electron chi connectivity index (χ2n) is 4.88. The molecule has 18 heavy (non-hydrogen) atoms. The van der Waals surface area contributed by atoms with Crippen molar-refractivity contribution in [3.05, 3.63) is 35.4 Å². The minimum absolute atomic E-state index is 0.136. The van der Waals surface area contributed by atoms with E-state index in [1.807, 2.05) is 27.0 Å². The van der Waals surface area contributed by atoms with E-state index >= 15 is 0 Å². The Balaban J connectivity index is 2.64. The average Bonchev–Trinajstić information content (AvgIpc) is 2.36. The Morgan fingerprint density at radius 2 is 2.06 bits per heavy atom. The number of carbonyl (C=O) groups excluding carboxylic acids is 1. The summed E-state index contributed by atoms with van der Waals surface area (Å²) in [7, 11) is 1.83. The molecular weight excluding hydrogens is 224 g/mol. The molecule has 1 aromatic carbocycles. The van der Waals surface area contributed by atoms with Crippen LogP contribution in [0.15, 0.2) is 24.3 Å². The minimum atomic E-state index is -0.162. The Kier molecular flexibility index (Phi) is 5.35. The summed E-state index contributed by atoms with van der Waals surface area (Å²) >= 11 is 0. The predicted molar refractivity (Wildman–Crippen MR) is 75.5 cm³/mol. The quantitative estimate of drug-likeness (QED) is 0.868. The summed E-state index contributed by atoms with van der Waals surface area (Å²) in [5.41, 5.74) is 2.46. The lowest BCUT2D eigenvalue weighted by Crippen LogP contribution is -2.43. The molecule has 1 aromatic rings. The number of nitrogens with one attached hydrogen (secondary N) is 1. The molecule has 0 spiro atoms. The van der Waals surface area contributed by atoms with Crippen molar-refractivity contribution in [2.75, 3.05) is 13.6 Å². The Bertz CT molecular complexity index is 403. The first-order valence-electron chi connectivity index (χ1n) is 6.53. The number of benzene rings is 1. The standard InChI is InChI=1S/C15H24N2O/c1-6-17(5)15(18)13(4)16-12(3)14-9-7-8-11(2)10-14/h7-10,12-13,16H,6H2,1-5H3. The van der Waals surface area contributed by atoms with Crippen LogP contribution in [-0.4, -0.2) is 30.4 Å². The van der Waals surface area contributed by atoms with Gasteiger partial charge in [0.05, 0.1) is 6.04 Å². The molecule has 1 N–H and O–H groups in total. The molecule has 1 amide bonds. The normalized spacial score (nSPS) is 14.1. The summed E-state index contributed by atoms with van der Waals surface area (Å²) in [6, 6.07) is 8.38. The second kappa shape index (κ2) is 6.55. The first kappa shape index (κ1) is 14.7. The van der Waals surface area contributed by atoms with Crippen LogP contribution in [0.25, 0.3) is 0 Å². The van der Waals surface area contributed by atoms with Crippen molar-refractivity contribution < 1.29 is 4.79 Å². The van der Waals surface area contributed by atoms with Crippen molar-refractivity contribution in [3.8, 4) is 0 Å². The van der Waals surface area contributed by atoms with E-state index in [4.69, 9.17) is 0 Å². The molecule has 0 aromatic heterocycles. The number of hydrogen-bond acceptors (Lipinski definition) is 2. The van der Waals surface area contributed by atoms with Crippen LogP contribution < -0.4 is 5.32 Å². The highest BCUT2D eigenvalue weighted by Gasteiger charge is 2.18. The molecule has 2 atom stereocenters. The van der Waals surface area contributed by atoms with Crippen molar-refractivity contribution in [3.63, 3.8) is 0 Å². The summed E-state index contributed by atoms with van der Waals surface area (Å²) in [5.74, 6) is 0.136. The van der Waals surface area contributed by atoms with Crippen LogP contribution in [0.1, 0.15) is 37.9 Å². The number of nitrogens with zero attached hydrogens (tertiary/aromatic N) is 1. The lowest BCUT2D eigenvalue weighted by molar-refractivity contribution is -0.131. The van der Waals surface area contributed by atoms with Gasteiger partial charge < -0.3 is 4.90 Å². The van der Waals surface area contributed by atoms with Crippen molar-refractivity contribution in [2.24, 2.45) is 0 Å². The Morgan fingerprint density at radius 1 is 1.39 bits per heavy atom. The lowest BCUT2D eigenvalue weighted by atomic mass is 10.0. The zero-order valence-corrected chi connectivity index (χ0v) is 12.0. The van der Waals surface area contributed by atoms with Gasteiger partial charge in [0, 0.05) is 19.6 Å². The maximum atomic E-state index is 12.0. The van der Waals surface area contributed by atoms with Gasteiger partial charge in [-0.15, -0.1) is 0 Å². The average molecular weight is 248 g/mol. The molecule has 0 saturated heterocycles. The van der Waals surface area contributed by atoms with Crippen LogP contribution in [0.2, 0.25) is 0 Å². The number of likely N-dealkylation sites (N-methyl/N-ethyl adjacent to an activating group) is 1. The van der Waals surface area contributed by atoms with Gasteiger partial charge in [-0.05, 0) is 33.3 Å². The second-order valence-corrected chi connectivity index (χ2v) is 4.88. The van der Waals surface area contributed by atoms with E-state index in [1.54, 1.807) is 4.90 Å². The van der Waals surface area contributed by atoms with E-state index in [-0.39, 0.29) is 18.0 Å². The highest BCUT2D eigenvalue weighted by Crippen LogP contribution is 2.14. The van der Waals surface area contributed by atoms with E-state index in [9.17, 15) is 4.79 Å². The molecule has 0 fully saturated rings. The summed E-state index contributed by atoms with van der Waals surface area (Å²) in [6.07, 6.45) is 0. The number of rotatable bonds is 5. The van der Waals surface area contributed by atoms with E-state index in [0.29, 0.717) is 0 Å². The zero-order chi connectivity index (χ0) is 13.7. The van der Waals surface area contributed by atoms with Crippen molar-refractivity contribution in [2.45, 2.75) is 39.8 Å². The largest absolute Gasteiger partial charge is 0.345 e. The molecule has 3 nitrogen and oxygen atoms in total. The van der Waals surface area contributed by atoms with Crippen molar-refractivity contribution in [1.29, 1.82) is 0 Å². The van der Waals surface area contributed by atoms with Crippen molar-refractivity contribution >= 4 is 5.91 Å². The van der Waals surface area contributed by atoms with E-state index < -0.39 is 0 Å². The molecule has 0 saturated carbocycles. The smallest absolute Gasteiger partial charge is 0.239 e. The van der Waals surface area contributed by atoms with E-state index in [0.717, 1.165) is 6.54 Å². The highest BCUT2D eigenvalue weighted by molar-refractivity contribution is 5.81. The molecular formula is C15H24N2O. The summed E-state index contributed by atoms with van der Waals surface area (Å²) in [5, 5.41) is 3.35. The van der Waals surface area contributed by atoms with E-state index in [1.165, 1.54) is 11.1 Å². The monoisotopic (exact) mass is 248 g/mol. The number of carbonyl (C=O) groups is 1. The molecule has 100 valence electrons. The van der Waals surface area contributed by atoms with Gasteiger partial charge in [0.2, 0.25) is 5.91 Å². The Morgan fingerprint density at radius 3 is 2.61 bits per heavy atom. The lowest BCUT2D eigenvalue weighted by Gasteiger charge is -2.24. The fraction of sp³-hybridized carbons (Fsp3) is 0.533. The third kappa shape index (κ3) is 3.84. The van der Waals surface area contributed by atoms with Crippen LogP contribution in [0.3, 0.4) is 0 Å². The molecule has 0 heterocycles. The molecule has 0 radical (unpaired) electrons. The fourth-order valence-corrected chi connectivity index (χ4v) is 1.97. The topological polar surface area (TPSA) is 32.3 Å². The predicted octanol–water partition coefficient (Wildman–Crippen LogP) is 2.51. The van der Waals surface area contributed by atoms with Crippen LogP contribution in [0, 0.1) is 6.92 Å². The third-order valence-electron chi connectivity index (χ3n) is 3.26. The van der Waals surface area contributed by atoms with Gasteiger partial charge in [0.15, 0.2) is 0 Å². The van der Waals surface area contributed by atoms with Crippen LogP contribution in [0.4, 0.5) is 0 Å².